The lowest BCUT2D eigenvalue weighted by molar-refractivity contribution is -0.134. The van der Waals surface area contributed by atoms with Crippen LogP contribution in [0.25, 0.3) is 0 Å². The Bertz CT molecular complexity index is 560. The van der Waals surface area contributed by atoms with Crippen LogP contribution in [0.3, 0.4) is 0 Å². The molecule has 0 radical (unpaired) electrons. The topological polar surface area (TPSA) is 58.6 Å². The number of nitrogens with zero attached hydrogens (tertiary/aromatic N) is 1. The van der Waals surface area contributed by atoms with Gasteiger partial charge in [0.2, 0.25) is 11.8 Å². The molecule has 2 aliphatic heterocycles. The molecule has 2 amide bonds. The Morgan fingerprint density at radius 1 is 1.27 bits per heavy atom. The maximum Gasteiger partial charge on any atom is 0.250 e. The second-order valence-corrected chi connectivity index (χ2v) is 6.25. The smallest absolute Gasteiger partial charge is 0.250 e. The van der Waals surface area contributed by atoms with Crippen LogP contribution in [0.5, 0.6) is 0 Å². The highest BCUT2D eigenvalue weighted by Gasteiger charge is 2.41. The van der Waals surface area contributed by atoms with Crippen LogP contribution in [0.15, 0.2) is 30.3 Å². The number of carbonyl (C=O) groups is 2. The number of anilines is 1. The molecule has 0 unspecified atom stereocenters. The van der Waals surface area contributed by atoms with Crippen LogP contribution < -0.4 is 10.2 Å². The molecule has 1 aromatic rings. The van der Waals surface area contributed by atoms with Crippen molar-refractivity contribution in [1.29, 1.82) is 0 Å². The van der Waals surface area contributed by atoms with E-state index in [2.05, 4.69) is 5.32 Å². The summed E-state index contributed by atoms with van der Waals surface area (Å²) in [5, 5.41) is 2.88. The Kier molecular flexibility index (Phi) is 4.16. The molecule has 2 aliphatic rings. The molecule has 0 saturated carbocycles. The van der Waals surface area contributed by atoms with Crippen LogP contribution in [-0.2, 0) is 14.3 Å². The molecule has 118 valence electrons. The first-order valence-electron chi connectivity index (χ1n) is 7.88. The fourth-order valence-corrected chi connectivity index (χ4v) is 3.31. The third-order valence-corrected chi connectivity index (χ3v) is 4.55. The van der Waals surface area contributed by atoms with Gasteiger partial charge in [0.1, 0.15) is 12.1 Å². The summed E-state index contributed by atoms with van der Waals surface area (Å²) in [7, 11) is 0. The predicted octanol–water partition coefficient (Wildman–Crippen LogP) is 1.72. The van der Waals surface area contributed by atoms with Gasteiger partial charge in [-0.1, -0.05) is 25.1 Å². The quantitative estimate of drug-likeness (QED) is 0.925. The molecule has 5 heteroatoms. The third kappa shape index (κ3) is 2.73. The maximum atomic E-state index is 12.6. The van der Waals surface area contributed by atoms with Gasteiger partial charge in [-0.25, -0.2) is 0 Å². The maximum absolute atomic E-state index is 12.6. The van der Waals surface area contributed by atoms with Gasteiger partial charge >= 0.3 is 0 Å². The van der Waals surface area contributed by atoms with E-state index in [0.29, 0.717) is 13.0 Å². The monoisotopic (exact) mass is 302 g/mol. The molecule has 1 aromatic carbocycles. The summed E-state index contributed by atoms with van der Waals surface area (Å²) >= 11 is 0. The van der Waals surface area contributed by atoms with Crippen molar-refractivity contribution in [1.82, 2.24) is 5.32 Å². The molecular weight excluding hydrogens is 280 g/mol. The summed E-state index contributed by atoms with van der Waals surface area (Å²) in [6, 6.07) is 9.19. The van der Waals surface area contributed by atoms with Gasteiger partial charge in [0.25, 0.3) is 0 Å². The normalized spacial score (nSPS) is 31.5. The number of ether oxygens (including phenoxy) is 1. The zero-order valence-electron chi connectivity index (χ0n) is 13.0. The van der Waals surface area contributed by atoms with Crippen molar-refractivity contribution < 1.29 is 14.3 Å². The van der Waals surface area contributed by atoms with Gasteiger partial charge in [-0.05, 0) is 37.8 Å². The van der Waals surface area contributed by atoms with Crippen LogP contribution in [0.2, 0.25) is 0 Å². The first-order chi connectivity index (χ1) is 10.6. The van der Waals surface area contributed by atoms with Crippen LogP contribution in [0.1, 0.15) is 26.7 Å². The number of rotatable bonds is 3. The number of para-hydroxylation sites is 1. The highest BCUT2D eigenvalue weighted by atomic mass is 16.5. The first kappa shape index (κ1) is 15.0. The largest absolute Gasteiger partial charge is 0.368 e. The molecule has 1 N–H and O–H groups in total. The Morgan fingerprint density at radius 2 is 2.00 bits per heavy atom. The van der Waals surface area contributed by atoms with E-state index >= 15 is 0 Å². The molecule has 2 fully saturated rings. The number of benzene rings is 1. The molecule has 0 spiro atoms. The molecule has 0 aliphatic carbocycles. The van der Waals surface area contributed by atoms with E-state index in [4.69, 9.17) is 4.74 Å². The van der Waals surface area contributed by atoms with Crippen molar-refractivity contribution in [2.75, 3.05) is 11.5 Å². The van der Waals surface area contributed by atoms with E-state index in [1.807, 2.05) is 44.2 Å². The van der Waals surface area contributed by atoms with Crippen LogP contribution in [-0.4, -0.2) is 36.6 Å². The second-order valence-electron chi connectivity index (χ2n) is 6.25. The zero-order chi connectivity index (χ0) is 15.7. The average molecular weight is 302 g/mol. The lowest BCUT2D eigenvalue weighted by Gasteiger charge is -2.22. The van der Waals surface area contributed by atoms with Gasteiger partial charge < -0.3 is 15.0 Å². The first-order valence-corrected chi connectivity index (χ1v) is 7.88. The lowest BCUT2D eigenvalue weighted by Crippen LogP contribution is -2.46. The Labute approximate surface area is 130 Å². The highest BCUT2D eigenvalue weighted by molar-refractivity contribution is 6.02. The van der Waals surface area contributed by atoms with Gasteiger partial charge in [-0.2, -0.15) is 0 Å². The summed E-state index contributed by atoms with van der Waals surface area (Å²) in [6.45, 7) is 4.63. The van der Waals surface area contributed by atoms with E-state index in [-0.39, 0.29) is 23.8 Å². The number of nitrogens with one attached hydrogen (secondary N) is 1. The minimum atomic E-state index is -0.459. The van der Waals surface area contributed by atoms with Crippen molar-refractivity contribution in [2.45, 2.75) is 44.9 Å². The average Bonchev–Trinajstić information content (AvgIpc) is 3.04. The molecule has 4 atom stereocenters. The summed E-state index contributed by atoms with van der Waals surface area (Å²) in [5.41, 5.74) is 0.877. The fourth-order valence-electron chi connectivity index (χ4n) is 3.31. The van der Waals surface area contributed by atoms with Gasteiger partial charge in [0.05, 0.1) is 0 Å². The minimum absolute atomic E-state index is 0.0438. The van der Waals surface area contributed by atoms with E-state index in [1.165, 1.54) is 0 Å². The number of amides is 2. The zero-order valence-corrected chi connectivity index (χ0v) is 13.0. The van der Waals surface area contributed by atoms with E-state index in [1.54, 1.807) is 4.90 Å². The SMILES string of the molecule is C[C@@H]1CCO[C@@H]1C(=O)N[C@@H]1C[C@H](C)N(c2ccccc2)C1=O. The fraction of sp³-hybridized carbons (Fsp3) is 0.529. The minimum Gasteiger partial charge on any atom is -0.368 e. The molecular formula is C17H22N2O3. The summed E-state index contributed by atoms with van der Waals surface area (Å²) in [5.74, 6) is 0.00215. The summed E-state index contributed by atoms with van der Waals surface area (Å²) in [4.78, 5) is 26.7. The molecule has 2 saturated heterocycles. The predicted molar refractivity (Wildman–Crippen MR) is 83.5 cm³/mol. The highest BCUT2D eigenvalue weighted by Crippen LogP contribution is 2.27. The van der Waals surface area contributed by atoms with Crippen molar-refractivity contribution in [3.05, 3.63) is 30.3 Å². The summed E-state index contributed by atoms with van der Waals surface area (Å²) in [6.07, 6.45) is 1.10. The molecule has 0 bridgehead atoms. The second kappa shape index (κ2) is 6.08. The van der Waals surface area contributed by atoms with Gasteiger partial charge in [0, 0.05) is 18.3 Å². The van der Waals surface area contributed by atoms with Crippen molar-refractivity contribution in [3.63, 3.8) is 0 Å². The van der Waals surface area contributed by atoms with Crippen LogP contribution in [0, 0.1) is 5.92 Å². The molecule has 3 rings (SSSR count). The van der Waals surface area contributed by atoms with E-state index in [9.17, 15) is 9.59 Å². The summed E-state index contributed by atoms with van der Waals surface area (Å²) < 4.78 is 5.47. The molecule has 2 heterocycles. The van der Waals surface area contributed by atoms with Crippen molar-refractivity contribution >= 4 is 17.5 Å². The Balaban J connectivity index is 1.69. The van der Waals surface area contributed by atoms with Crippen molar-refractivity contribution in [2.24, 2.45) is 5.92 Å². The standard InChI is InChI=1S/C17H22N2O3/c1-11-8-9-22-15(11)16(20)18-14-10-12(2)19(17(14)21)13-6-4-3-5-7-13/h3-7,11-12,14-15H,8-10H2,1-2H3,(H,18,20)/t11-,12+,14-,15+/m1/s1. The van der Waals surface area contributed by atoms with Gasteiger partial charge in [-0.3, -0.25) is 9.59 Å². The van der Waals surface area contributed by atoms with Gasteiger partial charge in [0.15, 0.2) is 0 Å². The van der Waals surface area contributed by atoms with E-state index < -0.39 is 12.1 Å². The lowest BCUT2D eigenvalue weighted by atomic mass is 10.0. The number of carbonyl (C=O) groups excluding carboxylic acids is 2. The molecule has 5 nitrogen and oxygen atoms in total. The van der Waals surface area contributed by atoms with E-state index in [0.717, 1.165) is 12.1 Å². The number of hydrogen-bond donors (Lipinski definition) is 1. The Morgan fingerprint density at radius 3 is 2.64 bits per heavy atom. The third-order valence-electron chi connectivity index (χ3n) is 4.55. The van der Waals surface area contributed by atoms with Crippen LogP contribution >= 0.6 is 0 Å². The van der Waals surface area contributed by atoms with Gasteiger partial charge in [-0.15, -0.1) is 0 Å². The van der Waals surface area contributed by atoms with Crippen molar-refractivity contribution in [3.8, 4) is 0 Å². The van der Waals surface area contributed by atoms with Crippen LogP contribution in [0.4, 0.5) is 5.69 Å². The Hall–Kier alpha value is -1.88. The number of hydrogen-bond acceptors (Lipinski definition) is 3. The molecule has 0 aromatic heterocycles. The molecule has 22 heavy (non-hydrogen) atoms.